The summed E-state index contributed by atoms with van der Waals surface area (Å²) in [5, 5.41) is 1.74. The van der Waals surface area contributed by atoms with E-state index < -0.39 is 8.24 Å². The van der Waals surface area contributed by atoms with E-state index in [4.69, 9.17) is 27.1 Å². The molecule has 1 heterocycles. The topological polar surface area (TPSA) is 63.2 Å². The lowest BCUT2D eigenvalue weighted by atomic mass is 9.84. The van der Waals surface area contributed by atoms with Crippen LogP contribution in [-0.4, -0.2) is 20.8 Å². The zero-order valence-corrected chi connectivity index (χ0v) is 24.1. The van der Waals surface area contributed by atoms with Crippen molar-refractivity contribution in [2.24, 2.45) is 0 Å². The lowest BCUT2D eigenvalue weighted by Gasteiger charge is -2.21. The number of fused-ring (bicyclic) bond motifs is 3. The fraction of sp³-hybridized carbons (Fsp3) is 0.400. The first-order chi connectivity index (χ1) is 17.5. The maximum atomic E-state index is 6.64. The van der Waals surface area contributed by atoms with Crippen LogP contribution in [0.5, 0.6) is 23.0 Å². The van der Waals surface area contributed by atoms with Gasteiger partial charge in [-0.3, -0.25) is 0 Å². The summed E-state index contributed by atoms with van der Waals surface area (Å²) < 4.78 is 36.9. The molecule has 0 atom stereocenters. The molecular formula is C30H37O6P. The summed E-state index contributed by atoms with van der Waals surface area (Å²) in [6.07, 6.45) is 0. The second kappa shape index (κ2) is 10.3. The van der Waals surface area contributed by atoms with Crippen LogP contribution in [0.4, 0.5) is 0 Å². The van der Waals surface area contributed by atoms with Crippen molar-refractivity contribution >= 4 is 30.2 Å². The third kappa shape index (κ3) is 5.55. The van der Waals surface area contributed by atoms with Crippen LogP contribution in [-0.2, 0) is 10.8 Å². The number of benzene rings is 3. The molecule has 3 aromatic carbocycles. The van der Waals surface area contributed by atoms with Crippen LogP contribution >= 0.6 is 8.24 Å². The van der Waals surface area contributed by atoms with Crippen LogP contribution in [0, 0.1) is 0 Å². The van der Waals surface area contributed by atoms with Gasteiger partial charge in [0.2, 0.25) is 0 Å². The van der Waals surface area contributed by atoms with Gasteiger partial charge in [0.1, 0.15) is 22.7 Å². The molecule has 0 aliphatic carbocycles. The van der Waals surface area contributed by atoms with E-state index in [1.54, 1.807) is 14.2 Å². The minimum Gasteiger partial charge on any atom is -0.497 e. The SMILES string of the molecule is CCOc1ccccc1Op1oc2c(C(C)(C)C)cc(OC)cc2c2cc(OC)cc(C(C)(C)C)c2o1. The Bertz CT molecular complexity index is 1370. The van der Waals surface area contributed by atoms with Crippen LogP contribution in [0.3, 0.4) is 0 Å². The van der Waals surface area contributed by atoms with E-state index in [2.05, 4.69) is 41.5 Å². The third-order valence-corrected chi connectivity index (χ3v) is 7.17. The van der Waals surface area contributed by atoms with Crippen molar-refractivity contribution in [3.8, 4) is 23.0 Å². The smallest absolute Gasteiger partial charge is 0.453 e. The third-order valence-electron chi connectivity index (χ3n) is 6.16. The van der Waals surface area contributed by atoms with Gasteiger partial charge in [-0.1, -0.05) is 53.7 Å². The van der Waals surface area contributed by atoms with Gasteiger partial charge in [0.25, 0.3) is 0 Å². The molecular weight excluding hydrogens is 487 g/mol. The minimum atomic E-state index is -1.89. The molecule has 0 spiro atoms. The van der Waals surface area contributed by atoms with Gasteiger partial charge >= 0.3 is 8.24 Å². The van der Waals surface area contributed by atoms with Crippen molar-refractivity contribution in [1.29, 1.82) is 0 Å². The molecule has 0 saturated carbocycles. The second-order valence-corrected chi connectivity index (χ2v) is 12.0. The summed E-state index contributed by atoms with van der Waals surface area (Å²) in [7, 11) is 1.46. The van der Waals surface area contributed by atoms with Crippen molar-refractivity contribution in [3.05, 3.63) is 59.7 Å². The van der Waals surface area contributed by atoms with Gasteiger partial charge in [-0.25, -0.2) is 0 Å². The van der Waals surface area contributed by atoms with E-state index in [0.717, 1.165) is 33.4 Å². The monoisotopic (exact) mass is 524 g/mol. The molecule has 0 N–H and O–H groups in total. The highest BCUT2D eigenvalue weighted by Crippen LogP contribution is 2.46. The van der Waals surface area contributed by atoms with Crippen molar-refractivity contribution in [2.45, 2.75) is 59.3 Å². The van der Waals surface area contributed by atoms with Crippen LogP contribution < -0.4 is 18.7 Å². The zero-order chi connectivity index (χ0) is 27.0. The molecule has 1 aromatic heterocycles. The van der Waals surface area contributed by atoms with Gasteiger partial charge in [-0.2, -0.15) is 0 Å². The maximum Gasteiger partial charge on any atom is 0.453 e. The standard InChI is InChI=1S/C30H37O6P/c1-10-33-25-13-11-12-14-26(25)34-37-35-27-21(15-19(31-8)17-23(27)29(2,3)4)22-16-20(32-9)18-24(28(22)36-37)30(5,6)7/h11-18H,10H2,1-9H3. The Hall–Kier alpha value is -3.24. The summed E-state index contributed by atoms with van der Waals surface area (Å²) in [4.78, 5) is 0. The van der Waals surface area contributed by atoms with E-state index in [1.165, 1.54) is 0 Å². The van der Waals surface area contributed by atoms with Crippen LogP contribution in [0.25, 0.3) is 21.9 Å². The molecule has 0 bridgehead atoms. The molecule has 0 aliphatic heterocycles. The Morgan fingerprint density at radius 1 is 0.703 bits per heavy atom. The van der Waals surface area contributed by atoms with Crippen LogP contribution in [0.1, 0.15) is 59.6 Å². The minimum absolute atomic E-state index is 0.237. The van der Waals surface area contributed by atoms with Gasteiger partial charge in [-0.15, -0.1) is 0 Å². The fourth-order valence-corrected chi connectivity index (χ4v) is 5.35. The lowest BCUT2D eigenvalue weighted by molar-refractivity contribution is 0.327. The van der Waals surface area contributed by atoms with Gasteiger partial charge in [0, 0.05) is 21.9 Å². The van der Waals surface area contributed by atoms with E-state index in [9.17, 15) is 0 Å². The van der Waals surface area contributed by atoms with Gasteiger partial charge in [0.15, 0.2) is 11.5 Å². The number of rotatable bonds is 6. The highest BCUT2D eigenvalue weighted by molar-refractivity contribution is 7.32. The molecule has 37 heavy (non-hydrogen) atoms. The number of methoxy groups -OCH3 is 2. The second-order valence-electron chi connectivity index (χ2n) is 11.0. The Labute approximate surface area is 220 Å². The number of para-hydroxylation sites is 2. The summed E-state index contributed by atoms with van der Waals surface area (Å²) in [6, 6.07) is 15.6. The molecule has 0 saturated heterocycles. The van der Waals surface area contributed by atoms with Gasteiger partial charge < -0.3 is 27.1 Å². The average Bonchev–Trinajstić information content (AvgIpc) is 2.99. The van der Waals surface area contributed by atoms with Crippen molar-refractivity contribution < 1.29 is 27.1 Å². The first-order valence-corrected chi connectivity index (χ1v) is 13.6. The predicted octanol–water partition coefficient (Wildman–Crippen LogP) is 9.14. The highest BCUT2D eigenvalue weighted by atomic mass is 31.1. The molecule has 0 radical (unpaired) electrons. The summed E-state index contributed by atoms with van der Waals surface area (Å²) in [6.45, 7) is 15.4. The summed E-state index contributed by atoms with van der Waals surface area (Å²) in [5.41, 5.74) is 2.93. The van der Waals surface area contributed by atoms with E-state index in [1.807, 2.05) is 55.5 Å². The number of ether oxygens (including phenoxy) is 3. The van der Waals surface area contributed by atoms with E-state index in [-0.39, 0.29) is 10.8 Å². The fourth-order valence-electron chi connectivity index (χ4n) is 4.24. The Morgan fingerprint density at radius 3 is 1.57 bits per heavy atom. The molecule has 0 unspecified atom stereocenters. The van der Waals surface area contributed by atoms with Crippen LogP contribution in [0.15, 0.2) is 56.9 Å². The van der Waals surface area contributed by atoms with E-state index >= 15 is 0 Å². The predicted molar refractivity (Wildman–Crippen MR) is 150 cm³/mol. The normalized spacial score (nSPS) is 12.0. The zero-order valence-electron chi connectivity index (χ0n) is 23.2. The molecule has 6 nitrogen and oxygen atoms in total. The average molecular weight is 525 g/mol. The highest BCUT2D eigenvalue weighted by Gasteiger charge is 2.26. The number of hydrogen-bond acceptors (Lipinski definition) is 6. The Morgan fingerprint density at radius 2 is 1.16 bits per heavy atom. The molecule has 0 fully saturated rings. The lowest BCUT2D eigenvalue weighted by Crippen LogP contribution is -2.12. The first kappa shape index (κ1) is 26.8. The first-order valence-electron chi connectivity index (χ1n) is 12.5. The van der Waals surface area contributed by atoms with Crippen LogP contribution in [0.2, 0.25) is 0 Å². The molecule has 7 heteroatoms. The summed E-state index contributed by atoms with van der Waals surface area (Å²) >= 11 is 0. The van der Waals surface area contributed by atoms with Crippen molar-refractivity contribution in [3.63, 3.8) is 0 Å². The number of hydrogen-bond donors (Lipinski definition) is 0. The van der Waals surface area contributed by atoms with E-state index in [0.29, 0.717) is 29.3 Å². The van der Waals surface area contributed by atoms with Crippen molar-refractivity contribution in [1.82, 2.24) is 0 Å². The molecule has 4 rings (SSSR count). The molecule has 0 aliphatic rings. The molecule has 0 amide bonds. The van der Waals surface area contributed by atoms with Gasteiger partial charge in [-0.05, 0) is 54.2 Å². The summed E-state index contributed by atoms with van der Waals surface area (Å²) in [5.74, 6) is 2.69. The Balaban J connectivity index is 2.19. The Kier molecular flexibility index (Phi) is 7.43. The molecule has 4 aromatic rings. The van der Waals surface area contributed by atoms with Crippen molar-refractivity contribution in [2.75, 3.05) is 20.8 Å². The maximum absolute atomic E-state index is 6.64. The molecule has 198 valence electrons. The quantitative estimate of drug-likeness (QED) is 0.251. The largest absolute Gasteiger partial charge is 0.497 e. The van der Waals surface area contributed by atoms with Gasteiger partial charge in [0.05, 0.1) is 20.8 Å².